The molecule has 8 nitrogen and oxygen atoms in total. The number of aryl methyl sites for hydroxylation is 2. The molecule has 9 heteroatoms. The van der Waals surface area contributed by atoms with Gasteiger partial charge in [-0.15, -0.1) is 0 Å². The van der Waals surface area contributed by atoms with Gasteiger partial charge in [-0.25, -0.2) is 4.39 Å². The zero-order valence-corrected chi connectivity index (χ0v) is 21.2. The quantitative estimate of drug-likeness (QED) is 0.541. The van der Waals surface area contributed by atoms with E-state index in [1.54, 1.807) is 25.0 Å². The van der Waals surface area contributed by atoms with Crippen LogP contribution in [0.15, 0.2) is 22.9 Å². The molecule has 3 aliphatic rings. The van der Waals surface area contributed by atoms with E-state index >= 15 is 4.39 Å². The molecule has 1 aliphatic carbocycles. The predicted octanol–water partition coefficient (Wildman–Crippen LogP) is 4.56. The fourth-order valence-corrected chi connectivity index (χ4v) is 5.14. The second-order valence-corrected chi connectivity index (χ2v) is 9.39. The molecule has 36 heavy (non-hydrogen) atoms. The van der Waals surface area contributed by atoms with E-state index < -0.39 is 0 Å². The summed E-state index contributed by atoms with van der Waals surface area (Å²) in [4.78, 5) is 22.0. The topological polar surface area (TPSA) is 85.4 Å². The van der Waals surface area contributed by atoms with Crippen LogP contribution in [0.3, 0.4) is 0 Å². The minimum Gasteiger partial charge on any atom is -0.493 e. The van der Waals surface area contributed by atoms with Gasteiger partial charge in [0.1, 0.15) is 11.9 Å². The molecule has 1 aromatic heterocycles. The van der Waals surface area contributed by atoms with Crippen LogP contribution >= 0.6 is 0 Å². The summed E-state index contributed by atoms with van der Waals surface area (Å²) in [5.41, 5.74) is 5.01. The fourth-order valence-electron chi connectivity index (χ4n) is 5.14. The number of nitrogens with zero attached hydrogens (tertiary/aromatic N) is 2. The molecule has 3 heterocycles. The number of aliphatic imine (C=N–C) groups is 1. The van der Waals surface area contributed by atoms with E-state index in [2.05, 4.69) is 9.98 Å². The van der Waals surface area contributed by atoms with E-state index in [1.165, 1.54) is 0 Å². The highest BCUT2D eigenvalue weighted by Crippen LogP contribution is 2.61. The Morgan fingerprint density at radius 3 is 2.72 bits per heavy atom. The van der Waals surface area contributed by atoms with Crippen LogP contribution in [0, 0.1) is 13.8 Å². The molecule has 2 atom stereocenters. The Morgan fingerprint density at radius 1 is 1.25 bits per heavy atom. The van der Waals surface area contributed by atoms with E-state index in [4.69, 9.17) is 18.9 Å². The number of amides is 1. The van der Waals surface area contributed by atoms with Gasteiger partial charge in [0, 0.05) is 54.3 Å². The van der Waals surface area contributed by atoms with Crippen LogP contribution in [0.2, 0.25) is 0 Å². The Labute approximate surface area is 210 Å². The number of carbonyl (C=O) groups is 1. The van der Waals surface area contributed by atoms with Gasteiger partial charge in [0.2, 0.25) is 5.91 Å². The highest BCUT2D eigenvalue weighted by atomic mass is 19.1. The number of ether oxygens (including phenoxy) is 4. The molecule has 1 N–H and O–H groups in total. The molecule has 1 fully saturated rings. The number of nitrogens with one attached hydrogen (secondary N) is 1. The number of fused-ring (bicyclic) bond motifs is 1. The molecular formula is C27H32FN3O5. The molecule has 5 rings (SSSR count). The highest BCUT2D eigenvalue weighted by molar-refractivity contribution is 5.82. The minimum atomic E-state index is -0.371. The monoisotopic (exact) mass is 497 g/mol. The number of benzene rings is 1. The van der Waals surface area contributed by atoms with Crippen LogP contribution in [-0.2, 0) is 14.3 Å². The maximum absolute atomic E-state index is 15.2. The largest absolute Gasteiger partial charge is 0.493 e. The number of rotatable bonds is 8. The number of halogens is 1. The molecule has 192 valence electrons. The van der Waals surface area contributed by atoms with Crippen LogP contribution in [0.25, 0.3) is 5.83 Å². The second kappa shape index (κ2) is 9.97. The molecule has 0 radical (unpaired) electrons. The Hall–Kier alpha value is -3.33. The molecular weight excluding hydrogens is 465 g/mol. The van der Waals surface area contributed by atoms with Crippen LogP contribution in [0.4, 0.5) is 10.1 Å². The normalized spacial score (nSPS) is 20.9. The first-order valence-corrected chi connectivity index (χ1v) is 12.3. The van der Waals surface area contributed by atoms with Crippen molar-refractivity contribution in [3.8, 4) is 11.5 Å². The van der Waals surface area contributed by atoms with Crippen LogP contribution < -0.4 is 9.47 Å². The Balaban J connectivity index is 1.30. The van der Waals surface area contributed by atoms with Crippen molar-refractivity contribution in [2.45, 2.75) is 45.6 Å². The molecule has 1 aromatic carbocycles. The van der Waals surface area contributed by atoms with E-state index in [1.807, 2.05) is 26.1 Å². The standard InChI is InChI=1S/C27H32FN3O5/c1-15-13-18(16(2)30-15)26(28)17(3)36-20-5-7-29-19-14-21(27(33-4)25-23(19)24(20)25)35-10-6-22(32)31-8-11-34-12-9-31/h7,13-14,20,24,30H,5-6,8-12H2,1-4H3. The molecule has 2 unspecified atom stereocenters. The van der Waals surface area contributed by atoms with Crippen molar-refractivity contribution in [1.82, 2.24) is 9.88 Å². The molecule has 0 saturated carbocycles. The number of carbonyl (C=O) groups excluding carboxylic acids is 1. The van der Waals surface area contributed by atoms with Crippen molar-refractivity contribution in [2.75, 3.05) is 40.0 Å². The van der Waals surface area contributed by atoms with E-state index in [0.717, 1.165) is 28.2 Å². The van der Waals surface area contributed by atoms with Crippen molar-refractivity contribution >= 4 is 23.6 Å². The van der Waals surface area contributed by atoms with Gasteiger partial charge in [-0.2, -0.15) is 0 Å². The van der Waals surface area contributed by atoms with Crippen LogP contribution in [-0.4, -0.2) is 68.1 Å². The zero-order valence-electron chi connectivity index (χ0n) is 21.2. The summed E-state index contributed by atoms with van der Waals surface area (Å²) in [6, 6.07) is 3.64. The van der Waals surface area contributed by atoms with Crippen molar-refractivity contribution in [3.05, 3.63) is 46.0 Å². The lowest BCUT2D eigenvalue weighted by molar-refractivity contribution is -0.135. The molecule has 2 aliphatic heterocycles. The van der Waals surface area contributed by atoms with Crippen molar-refractivity contribution in [3.63, 3.8) is 0 Å². The van der Waals surface area contributed by atoms with Gasteiger partial charge in [-0.3, -0.25) is 9.79 Å². The number of aromatic amines is 1. The number of aromatic nitrogens is 1. The summed E-state index contributed by atoms with van der Waals surface area (Å²) in [7, 11) is 1.60. The number of hydrogen-bond acceptors (Lipinski definition) is 6. The summed E-state index contributed by atoms with van der Waals surface area (Å²) >= 11 is 0. The first-order valence-electron chi connectivity index (χ1n) is 12.3. The van der Waals surface area contributed by atoms with E-state index in [-0.39, 0.29) is 42.5 Å². The summed E-state index contributed by atoms with van der Waals surface area (Å²) in [5, 5.41) is 0. The fraction of sp³-hybridized carbons (Fsp3) is 0.481. The number of hydrogen-bond donors (Lipinski definition) is 1. The van der Waals surface area contributed by atoms with Crippen LogP contribution in [0.1, 0.15) is 53.8 Å². The van der Waals surface area contributed by atoms with Gasteiger partial charge in [0.05, 0.1) is 45.0 Å². The zero-order chi connectivity index (χ0) is 25.4. The Morgan fingerprint density at radius 2 is 2.03 bits per heavy atom. The lowest BCUT2D eigenvalue weighted by atomic mass is 10.1. The maximum atomic E-state index is 15.2. The lowest BCUT2D eigenvalue weighted by Gasteiger charge is -2.26. The smallest absolute Gasteiger partial charge is 0.226 e. The third kappa shape index (κ3) is 4.59. The van der Waals surface area contributed by atoms with Gasteiger partial charge >= 0.3 is 0 Å². The first kappa shape index (κ1) is 24.4. The Kier molecular flexibility index (Phi) is 6.75. The van der Waals surface area contributed by atoms with E-state index in [0.29, 0.717) is 49.8 Å². The van der Waals surface area contributed by atoms with Gasteiger partial charge in [-0.1, -0.05) is 0 Å². The van der Waals surface area contributed by atoms with Crippen molar-refractivity contribution in [1.29, 1.82) is 0 Å². The molecule has 2 aromatic rings. The number of H-pyrrole nitrogens is 1. The summed E-state index contributed by atoms with van der Waals surface area (Å²) in [5.74, 6) is 1.05. The summed E-state index contributed by atoms with van der Waals surface area (Å²) in [6.45, 7) is 8.00. The first-order chi connectivity index (χ1) is 17.4. The van der Waals surface area contributed by atoms with E-state index in [9.17, 15) is 4.79 Å². The lowest BCUT2D eigenvalue weighted by Crippen LogP contribution is -2.41. The van der Waals surface area contributed by atoms with Gasteiger partial charge in [-0.05, 0) is 32.4 Å². The van der Waals surface area contributed by atoms with Crippen molar-refractivity contribution in [2.24, 2.45) is 4.99 Å². The molecule has 0 bridgehead atoms. The molecule has 0 spiro atoms. The van der Waals surface area contributed by atoms with Gasteiger partial charge in [0.25, 0.3) is 0 Å². The number of allylic oxidation sites excluding steroid dienone is 1. The third-order valence-electron chi connectivity index (χ3n) is 6.95. The average Bonchev–Trinajstić information content (AvgIpc) is 3.56. The summed E-state index contributed by atoms with van der Waals surface area (Å²) in [6.07, 6.45) is 2.33. The molecule has 1 amide bonds. The highest BCUT2D eigenvalue weighted by Gasteiger charge is 2.48. The van der Waals surface area contributed by atoms with Crippen LogP contribution in [0.5, 0.6) is 11.5 Å². The minimum absolute atomic E-state index is 0.0480. The maximum Gasteiger partial charge on any atom is 0.226 e. The number of methoxy groups -OCH3 is 1. The predicted molar refractivity (Wildman–Crippen MR) is 134 cm³/mol. The average molecular weight is 498 g/mol. The Bertz CT molecular complexity index is 1230. The third-order valence-corrected chi connectivity index (χ3v) is 6.95. The number of morpholine rings is 1. The molecule has 1 saturated heterocycles. The second-order valence-electron chi connectivity index (χ2n) is 9.39. The van der Waals surface area contributed by atoms with Gasteiger partial charge in [0.15, 0.2) is 17.3 Å². The van der Waals surface area contributed by atoms with Gasteiger partial charge < -0.3 is 28.8 Å². The SMILES string of the molecule is COc1c(OCCC(=O)N2CCOCC2)cc2c3c1C3C(OC(C)=C(F)c1cc(C)[nH]c1C)CC=N2. The summed E-state index contributed by atoms with van der Waals surface area (Å²) < 4.78 is 38.4. The van der Waals surface area contributed by atoms with Crippen molar-refractivity contribution < 1.29 is 28.1 Å².